The Bertz CT molecular complexity index is 2800. The number of fused-ring (bicyclic) bond motifs is 8. The monoisotopic (exact) mass is 712 g/mol. The second kappa shape index (κ2) is 12.6. The van der Waals surface area contributed by atoms with E-state index in [2.05, 4.69) is 9.97 Å². The van der Waals surface area contributed by atoms with Crippen molar-refractivity contribution in [2.75, 3.05) is 0 Å². The fraction of sp³-hybridized carbons (Fsp3) is 0. The Morgan fingerprint density at radius 1 is 0.453 bits per heavy atom. The van der Waals surface area contributed by atoms with Gasteiger partial charge in [-0.25, -0.2) is 9.97 Å². The van der Waals surface area contributed by atoms with Gasteiger partial charge in [0.15, 0.2) is 0 Å². The van der Waals surface area contributed by atoms with Crippen molar-refractivity contribution in [1.29, 1.82) is 0 Å². The lowest BCUT2D eigenvalue weighted by atomic mass is 9.91. The van der Waals surface area contributed by atoms with E-state index in [9.17, 15) is 20.4 Å². The van der Waals surface area contributed by atoms with Gasteiger partial charge in [0.2, 0.25) is 0 Å². The van der Waals surface area contributed by atoms with Gasteiger partial charge < -0.3 is 30.4 Å². The van der Waals surface area contributed by atoms with Gasteiger partial charge in [0.05, 0.1) is 33.3 Å². The quantitative estimate of drug-likeness (QED) is 0.107. The van der Waals surface area contributed by atoms with Crippen LogP contribution in [0.5, 0.6) is 23.0 Å². The van der Waals surface area contributed by atoms with E-state index >= 15 is 0 Å². The Balaban J connectivity index is 1.55. The second-order valence-electron chi connectivity index (χ2n) is 12.9. The van der Waals surface area contributed by atoms with Gasteiger partial charge in [-0.3, -0.25) is 0 Å². The first kappa shape index (κ1) is 31.9. The van der Waals surface area contributed by atoms with Crippen LogP contribution in [0, 0.1) is 0 Å². The van der Waals surface area contributed by atoms with Gasteiger partial charge in [0.1, 0.15) is 23.0 Å². The Labute approximate surface area is 308 Å². The number of aromatic nitrogens is 4. The van der Waals surface area contributed by atoms with Crippen LogP contribution in [0.1, 0.15) is 28.3 Å². The molecule has 53 heavy (non-hydrogen) atoms. The summed E-state index contributed by atoms with van der Waals surface area (Å²) in [4.78, 5) is 17.4. The van der Waals surface area contributed by atoms with Gasteiger partial charge in [-0.15, -0.1) is 0 Å². The van der Waals surface area contributed by atoms with Crippen LogP contribution in [-0.4, -0.2) is 40.4 Å². The number of halogens is 1. The minimum absolute atomic E-state index is 0.102. The number of hydrogen-bond acceptors (Lipinski definition) is 6. The SMILES string of the molecule is Oc1ccc(C2=C(Cl)c3cc4ccc(cc5nc(cc6[nH]c(c(-c7ccc(O)cc7)c2n3)c(-c2ccc(O)cc2)c6-c2ccc(O)cc2)C=C5)[nH]4)cc1. The lowest BCUT2D eigenvalue weighted by Crippen LogP contribution is -1.93. The van der Waals surface area contributed by atoms with Gasteiger partial charge in [-0.1, -0.05) is 60.1 Å². The molecule has 0 unspecified atom stereocenters. The maximum atomic E-state index is 10.4. The Hall–Kier alpha value is -7.03. The zero-order valence-electron chi connectivity index (χ0n) is 27.8. The molecule has 6 N–H and O–H groups in total. The molecule has 0 fully saturated rings. The van der Waals surface area contributed by atoms with Gasteiger partial charge in [0.25, 0.3) is 0 Å². The molecule has 5 heterocycles. The van der Waals surface area contributed by atoms with Gasteiger partial charge in [-0.05, 0) is 113 Å². The Morgan fingerprint density at radius 3 is 1.49 bits per heavy atom. The fourth-order valence-corrected chi connectivity index (χ4v) is 7.22. The second-order valence-corrected chi connectivity index (χ2v) is 13.2. The molecule has 0 spiro atoms. The molecule has 0 saturated carbocycles. The topological polar surface area (TPSA) is 138 Å². The lowest BCUT2D eigenvalue weighted by Gasteiger charge is -2.13. The van der Waals surface area contributed by atoms with Crippen molar-refractivity contribution >= 4 is 56.4 Å². The average molecular weight is 713 g/mol. The number of hydrogen-bond donors (Lipinski definition) is 6. The van der Waals surface area contributed by atoms with Crippen LogP contribution in [0.25, 0.3) is 78.2 Å². The molecule has 2 aliphatic rings. The van der Waals surface area contributed by atoms with E-state index in [1.807, 2.05) is 78.9 Å². The summed E-state index contributed by atoms with van der Waals surface area (Å²) in [5, 5.41) is 41.8. The first-order chi connectivity index (χ1) is 25.8. The Kier molecular flexibility index (Phi) is 7.61. The summed E-state index contributed by atoms with van der Waals surface area (Å²) in [5.41, 5.74) is 11.7. The van der Waals surface area contributed by atoms with Crippen molar-refractivity contribution in [3.8, 4) is 56.4 Å². The van der Waals surface area contributed by atoms with E-state index in [1.54, 1.807) is 60.7 Å². The minimum Gasteiger partial charge on any atom is -0.508 e. The third kappa shape index (κ3) is 5.87. The first-order valence-electron chi connectivity index (χ1n) is 16.8. The number of H-pyrrole nitrogens is 2. The number of nitrogens with one attached hydrogen (secondary N) is 2. The maximum absolute atomic E-state index is 10.4. The smallest absolute Gasteiger partial charge is 0.115 e. The van der Waals surface area contributed by atoms with Crippen LogP contribution < -0.4 is 0 Å². The third-order valence-electron chi connectivity index (χ3n) is 9.36. The molecule has 9 rings (SSSR count). The molecule has 0 radical (unpaired) electrons. The first-order valence-corrected chi connectivity index (χ1v) is 17.2. The van der Waals surface area contributed by atoms with Crippen LogP contribution >= 0.6 is 11.6 Å². The number of phenolic OH excluding ortho intramolecular Hbond substituents is 4. The fourth-order valence-electron chi connectivity index (χ4n) is 6.92. The molecule has 8 bridgehead atoms. The van der Waals surface area contributed by atoms with Crippen molar-refractivity contribution in [3.63, 3.8) is 0 Å². The summed E-state index contributed by atoms with van der Waals surface area (Å²) >= 11 is 7.35. The largest absolute Gasteiger partial charge is 0.508 e. The summed E-state index contributed by atoms with van der Waals surface area (Å²) in [6.07, 6.45) is 3.91. The van der Waals surface area contributed by atoms with Gasteiger partial charge in [-0.2, -0.15) is 0 Å². The molecule has 0 aliphatic carbocycles. The van der Waals surface area contributed by atoms with E-state index in [1.165, 1.54) is 0 Å². The predicted octanol–water partition coefficient (Wildman–Crippen LogP) is 10.5. The van der Waals surface area contributed by atoms with Crippen LogP contribution in [0.15, 0.2) is 127 Å². The van der Waals surface area contributed by atoms with Crippen molar-refractivity contribution in [2.24, 2.45) is 0 Å². The molecule has 4 aromatic carbocycles. The summed E-state index contributed by atoms with van der Waals surface area (Å²) in [6.45, 7) is 0. The van der Waals surface area contributed by atoms with Crippen molar-refractivity contribution in [2.45, 2.75) is 0 Å². The molecule has 256 valence electrons. The van der Waals surface area contributed by atoms with Gasteiger partial charge in [0, 0.05) is 38.8 Å². The molecule has 9 heteroatoms. The van der Waals surface area contributed by atoms with Gasteiger partial charge >= 0.3 is 0 Å². The third-order valence-corrected chi connectivity index (χ3v) is 9.74. The van der Waals surface area contributed by atoms with E-state index in [0.717, 1.165) is 61.3 Å². The number of nitrogens with zero attached hydrogens (tertiary/aromatic N) is 2. The highest BCUT2D eigenvalue weighted by atomic mass is 35.5. The molecule has 0 saturated heterocycles. The number of aromatic hydroxyl groups is 4. The number of rotatable bonds is 4. The number of phenols is 4. The molecule has 8 nitrogen and oxygen atoms in total. The average Bonchev–Trinajstić information content (AvgIpc) is 3.94. The highest BCUT2D eigenvalue weighted by Gasteiger charge is 2.27. The molecule has 7 aromatic rings. The lowest BCUT2D eigenvalue weighted by molar-refractivity contribution is 0.475. The molecule has 0 atom stereocenters. The zero-order chi connectivity index (χ0) is 36.2. The van der Waals surface area contributed by atoms with E-state index in [-0.39, 0.29) is 23.0 Å². The van der Waals surface area contributed by atoms with Crippen LogP contribution in [0.2, 0.25) is 0 Å². The number of benzene rings is 4. The summed E-state index contributed by atoms with van der Waals surface area (Å²) < 4.78 is 0. The minimum atomic E-state index is 0.102. The predicted molar refractivity (Wildman–Crippen MR) is 211 cm³/mol. The summed E-state index contributed by atoms with van der Waals surface area (Å²) in [7, 11) is 0. The maximum Gasteiger partial charge on any atom is 0.115 e. The molecule has 3 aromatic heterocycles. The highest BCUT2D eigenvalue weighted by molar-refractivity contribution is 6.54. The van der Waals surface area contributed by atoms with Crippen molar-refractivity contribution < 1.29 is 20.4 Å². The molecular formula is C44H29ClN4O4. The molecule has 0 amide bonds. The van der Waals surface area contributed by atoms with Crippen LogP contribution in [0.4, 0.5) is 0 Å². The zero-order valence-corrected chi connectivity index (χ0v) is 28.6. The van der Waals surface area contributed by atoms with E-state index < -0.39 is 0 Å². The number of aromatic amines is 2. The molecule has 2 aliphatic heterocycles. The van der Waals surface area contributed by atoms with E-state index in [4.69, 9.17) is 21.6 Å². The Morgan fingerprint density at radius 2 is 0.925 bits per heavy atom. The van der Waals surface area contributed by atoms with Crippen LogP contribution in [-0.2, 0) is 0 Å². The van der Waals surface area contributed by atoms with Crippen LogP contribution in [0.3, 0.4) is 0 Å². The van der Waals surface area contributed by atoms with E-state index in [0.29, 0.717) is 33.1 Å². The van der Waals surface area contributed by atoms with Crippen molar-refractivity contribution in [3.05, 3.63) is 156 Å². The van der Waals surface area contributed by atoms with Crippen molar-refractivity contribution in [1.82, 2.24) is 19.9 Å². The summed E-state index contributed by atoms with van der Waals surface area (Å²) in [6, 6.07) is 37.5. The summed E-state index contributed by atoms with van der Waals surface area (Å²) in [5.74, 6) is 0.466. The standard InChI is InChI=1S/C44H29ClN4O4/c45-42-37-23-31-12-10-29(47-31)21-28-9-11-30(46-28)22-36-38(24-1-13-32(50)14-2-24)39(25-3-15-33(51)16-4-25)43(48-36)41(27-7-19-35(53)20-8-27)44(49-37)40(42)26-5-17-34(52)18-6-26/h1-23,47-48,50-53H. The highest BCUT2D eigenvalue weighted by Crippen LogP contribution is 2.48. The normalized spacial score (nSPS) is 12.4. The molecular weight excluding hydrogens is 684 g/mol.